The van der Waals surface area contributed by atoms with Crippen LogP contribution in [0.4, 0.5) is 5.69 Å². The van der Waals surface area contributed by atoms with E-state index in [9.17, 15) is 4.79 Å². The third kappa shape index (κ3) is 3.45. The Morgan fingerprint density at radius 3 is 2.84 bits per heavy atom. The monoisotopic (exact) mass is 276 g/mol. The Labute approximate surface area is 116 Å². The highest BCUT2D eigenvalue weighted by atomic mass is 35.5. The van der Waals surface area contributed by atoms with Crippen LogP contribution in [0.15, 0.2) is 42.6 Å². The molecule has 4 nitrogen and oxygen atoms in total. The summed E-state index contributed by atoms with van der Waals surface area (Å²) in [5, 5.41) is 2.76. The van der Waals surface area contributed by atoms with Crippen LogP contribution in [0, 0.1) is 0 Å². The second kappa shape index (κ2) is 6.20. The van der Waals surface area contributed by atoms with Gasteiger partial charge in [0.05, 0.1) is 19.0 Å². The highest BCUT2D eigenvalue weighted by Crippen LogP contribution is 2.13. The van der Waals surface area contributed by atoms with E-state index >= 15 is 0 Å². The number of nitrogens with one attached hydrogen (secondary N) is 1. The van der Waals surface area contributed by atoms with E-state index in [1.165, 1.54) is 7.11 Å². The third-order valence-electron chi connectivity index (χ3n) is 2.55. The average Bonchev–Trinajstić information content (AvgIpc) is 2.48. The van der Waals surface area contributed by atoms with Crippen molar-refractivity contribution in [3.8, 4) is 5.88 Å². The molecule has 0 bridgehead atoms. The van der Waals surface area contributed by atoms with Gasteiger partial charge in [0, 0.05) is 17.5 Å². The summed E-state index contributed by atoms with van der Waals surface area (Å²) in [5.74, 6) is 0.687. The van der Waals surface area contributed by atoms with Gasteiger partial charge in [-0.2, -0.15) is 0 Å². The van der Waals surface area contributed by atoms with E-state index in [1.54, 1.807) is 36.5 Å². The number of amides is 1. The number of carbonyl (C=O) groups is 1. The van der Waals surface area contributed by atoms with Gasteiger partial charge in [0.1, 0.15) is 0 Å². The van der Waals surface area contributed by atoms with E-state index in [2.05, 4.69) is 10.3 Å². The minimum Gasteiger partial charge on any atom is -0.481 e. The number of pyridine rings is 1. The molecule has 1 amide bonds. The maximum Gasteiger partial charge on any atom is 0.255 e. The summed E-state index contributed by atoms with van der Waals surface area (Å²) in [6.07, 6.45) is 1.54. The molecule has 0 radical (unpaired) electrons. The van der Waals surface area contributed by atoms with E-state index in [0.29, 0.717) is 23.0 Å². The zero-order valence-corrected chi connectivity index (χ0v) is 11.1. The fourth-order valence-corrected chi connectivity index (χ4v) is 1.74. The SMILES string of the molecule is COc1ccc(NC(=O)c2cccc(CCl)c2)cn1. The first kappa shape index (κ1) is 13.4. The van der Waals surface area contributed by atoms with Crippen LogP contribution in [0.5, 0.6) is 5.88 Å². The quantitative estimate of drug-likeness (QED) is 0.873. The van der Waals surface area contributed by atoms with Crippen molar-refractivity contribution in [3.05, 3.63) is 53.7 Å². The number of halogens is 1. The molecule has 98 valence electrons. The van der Waals surface area contributed by atoms with Gasteiger partial charge >= 0.3 is 0 Å². The van der Waals surface area contributed by atoms with Crippen molar-refractivity contribution < 1.29 is 9.53 Å². The van der Waals surface area contributed by atoms with Crippen LogP contribution in [0.3, 0.4) is 0 Å². The number of methoxy groups -OCH3 is 1. The fraction of sp³-hybridized carbons (Fsp3) is 0.143. The Morgan fingerprint density at radius 2 is 2.21 bits per heavy atom. The molecule has 0 spiro atoms. The summed E-state index contributed by atoms with van der Waals surface area (Å²) in [4.78, 5) is 16.0. The first-order valence-electron chi connectivity index (χ1n) is 5.69. The summed E-state index contributed by atoms with van der Waals surface area (Å²) in [6, 6.07) is 10.6. The van der Waals surface area contributed by atoms with Gasteiger partial charge in [0.2, 0.25) is 5.88 Å². The molecule has 1 heterocycles. The number of aromatic nitrogens is 1. The lowest BCUT2D eigenvalue weighted by Crippen LogP contribution is -2.12. The molecule has 1 aromatic carbocycles. The van der Waals surface area contributed by atoms with Crippen molar-refractivity contribution in [3.63, 3.8) is 0 Å². The standard InChI is InChI=1S/C14H13ClN2O2/c1-19-13-6-5-12(9-16-13)17-14(18)11-4-2-3-10(7-11)8-15/h2-7,9H,8H2,1H3,(H,17,18). The molecule has 5 heteroatoms. The summed E-state index contributed by atoms with van der Waals surface area (Å²) >= 11 is 5.74. The predicted molar refractivity (Wildman–Crippen MR) is 74.7 cm³/mol. The molecule has 0 aliphatic heterocycles. The molecule has 0 unspecified atom stereocenters. The number of alkyl halides is 1. The predicted octanol–water partition coefficient (Wildman–Crippen LogP) is 3.08. The molecule has 0 saturated heterocycles. The Kier molecular flexibility index (Phi) is 4.36. The first-order valence-corrected chi connectivity index (χ1v) is 6.22. The minimum atomic E-state index is -0.195. The van der Waals surface area contributed by atoms with Crippen molar-refractivity contribution in [1.29, 1.82) is 0 Å². The van der Waals surface area contributed by atoms with Crippen LogP contribution < -0.4 is 10.1 Å². The maximum atomic E-state index is 12.0. The first-order chi connectivity index (χ1) is 9.22. The smallest absolute Gasteiger partial charge is 0.255 e. The summed E-state index contributed by atoms with van der Waals surface area (Å²) in [7, 11) is 1.54. The van der Waals surface area contributed by atoms with E-state index < -0.39 is 0 Å². The number of benzene rings is 1. The third-order valence-corrected chi connectivity index (χ3v) is 2.86. The number of nitrogens with zero attached hydrogens (tertiary/aromatic N) is 1. The molecule has 0 saturated carbocycles. The number of anilines is 1. The number of hydrogen-bond acceptors (Lipinski definition) is 3. The second-order valence-electron chi connectivity index (χ2n) is 3.88. The Balaban J connectivity index is 2.11. The Bertz CT molecular complexity index is 570. The van der Waals surface area contributed by atoms with Gasteiger partial charge < -0.3 is 10.1 Å². The van der Waals surface area contributed by atoms with Gasteiger partial charge in [0.15, 0.2) is 0 Å². The van der Waals surface area contributed by atoms with E-state index in [-0.39, 0.29) is 5.91 Å². The summed E-state index contributed by atoms with van der Waals surface area (Å²) in [5.41, 5.74) is 2.08. The van der Waals surface area contributed by atoms with Crippen molar-refractivity contribution in [2.75, 3.05) is 12.4 Å². The maximum absolute atomic E-state index is 12.0. The Hall–Kier alpha value is -2.07. The molecule has 1 N–H and O–H groups in total. The average molecular weight is 277 g/mol. The molecule has 0 aliphatic rings. The summed E-state index contributed by atoms with van der Waals surface area (Å²) in [6.45, 7) is 0. The van der Waals surface area contributed by atoms with E-state index in [0.717, 1.165) is 5.56 Å². The van der Waals surface area contributed by atoms with Crippen LogP contribution >= 0.6 is 11.6 Å². The van der Waals surface area contributed by atoms with Gasteiger partial charge in [-0.05, 0) is 23.8 Å². The minimum absolute atomic E-state index is 0.195. The zero-order chi connectivity index (χ0) is 13.7. The second-order valence-corrected chi connectivity index (χ2v) is 4.14. The van der Waals surface area contributed by atoms with Crippen LogP contribution in [-0.4, -0.2) is 18.0 Å². The van der Waals surface area contributed by atoms with Crippen LogP contribution in [0.1, 0.15) is 15.9 Å². The van der Waals surface area contributed by atoms with Crippen molar-refractivity contribution in [1.82, 2.24) is 4.98 Å². The highest BCUT2D eigenvalue weighted by Gasteiger charge is 2.07. The van der Waals surface area contributed by atoms with Crippen molar-refractivity contribution in [2.24, 2.45) is 0 Å². The topological polar surface area (TPSA) is 51.2 Å². The number of ether oxygens (including phenoxy) is 1. The van der Waals surface area contributed by atoms with Gasteiger partial charge in [-0.15, -0.1) is 11.6 Å². The molecule has 1 aromatic heterocycles. The van der Waals surface area contributed by atoms with Gasteiger partial charge in [-0.25, -0.2) is 4.98 Å². The molecular formula is C14H13ClN2O2. The molecule has 19 heavy (non-hydrogen) atoms. The van der Waals surface area contributed by atoms with Gasteiger partial charge in [-0.1, -0.05) is 12.1 Å². The molecule has 2 aromatic rings. The Morgan fingerprint density at radius 1 is 1.37 bits per heavy atom. The van der Waals surface area contributed by atoms with E-state index in [1.807, 2.05) is 6.07 Å². The van der Waals surface area contributed by atoms with E-state index in [4.69, 9.17) is 16.3 Å². The van der Waals surface area contributed by atoms with Gasteiger partial charge in [-0.3, -0.25) is 4.79 Å². The van der Waals surface area contributed by atoms with Crippen LogP contribution in [-0.2, 0) is 5.88 Å². The molecule has 0 fully saturated rings. The number of rotatable bonds is 4. The van der Waals surface area contributed by atoms with Crippen molar-refractivity contribution in [2.45, 2.75) is 5.88 Å². The van der Waals surface area contributed by atoms with Crippen molar-refractivity contribution >= 4 is 23.2 Å². The molecular weight excluding hydrogens is 264 g/mol. The molecule has 0 atom stereocenters. The summed E-state index contributed by atoms with van der Waals surface area (Å²) < 4.78 is 4.95. The molecule has 0 aliphatic carbocycles. The fourth-order valence-electron chi connectivity index (χ4n) is 1.57. The zero-order valence-electron chi connectivity index (χ0n) is 10.4. The van der Waals surface area contributed by atoms with Crippen LogP contribution in [0.25, 0.3) is 0 Å². The number of hydrogen-bond donors (Lipinski definition) is 1. The molecule has 2 rings (SSSR count). The largest absolute Gasteiger partial charge is 0.481 e. The normalized spacial score (nSPS) is 10.0. The van der Waals surface area contributed by atoms with Crippen LogP contribution in [0.2, 0.25) is 0 Å². The lowest BCUT2D eigenvalue weighted by atomic mass is 10.1. The lowest BCUT2D eigenvalue weighted by molar-refractivity contribution is 0.102. The lowest BCUT2D eigenvalue weighted by Gasteiger charge is -2.06. The highest BCUT2D eigenvalue weighted by molar-refractivity contribution is 6.17. The van der Waals surface area contributed by atoms with Gasteiger partial charge in [0.25, 0.3) is 5.91 Å². The number of carbonyl (C=O) groups excluding carboxylic acids is 1.